The summed E-state index contributed by atoms with van der Waals surface area (Å²) in [4.78, 5) is 15.3. The average molecular weight is 616 g/mol. The molecule has 9 aromatic rings. The summed E-state index contributed by atoms with van der Waals surface area (Å²) in [5.41, 5.74) is 9.74. The van der Waals surface area contributed by atoms with E-state index in [1.54, 1.807) is 0 Å². The van der Waals surface area contributed by atoms with Gasteiger partial charge >= 0.3 is 0 Å². The summed E-state index contributed by atoms with van der Waals surface area (Å²) in [6, 6.07) is 48.9. The molecule has 0 spiro atoms. The number of aromatic nitrogens is 3. The van der Waals surface area contributed by atoms with Crippen LogP contribution in [-0.2, 0) is 5.41 Å². The number of hydrogen-bond donors (Lipinski definition) is 0. The molecular formula is C44H29N3O. The van der Waals surface area contributed by atoms with Crippen LogP contribution in [0.25, 0.3) is 88.8 Å². The Morgan fingerprint density at radius 3 is 1.83 bits per heavy atom. The van der Waals surface area contributed by atoms with Crippen LogP contribution in [0.5, 0.6) is 0 Å². The molecule has 0 fully saturated rings. The van der Waals surface area contributed by atoms with E-state index in [4.69, 9.17) is 19.4 Å². The summed E-state index contributed by atoms with van der Waals surface area (Å²) in [6.07, 6.45) is 0. The molecule has 1 aliphatic rings. The molecule has 0 radical (unpaired) electrons. The normalized spacial score (nSPS) is 13.4. The number of furan rings is 1. The maximum atomic E-state index is 6.51. The molecule has 0 saturated heterocycles. The van der Waals surface area contributed by atoms with Gasteiger partial charge in [0.1, 0.15) is 11.2 Å². The molecule has 10 rings (SSSR count). The van der Waals surface area contributed by atoms with Crippen molar-refractivity contribution in [1.82, 2.24) is 15.0 Å². The van der Waals surface area contributed by atoms with Crippen LogP contribution in [0.1, 0.15) is 25.0 Å². The Morgan fingerprint density at radius 1 is 0.438 bits per heavy atom. The van der Waals surface area contributed by atoms with Crippen molar-refractivity contribution in [3.8, 4) is 45.3 Å². The fraction of sp³-hybridized carbons (Fsp3) is 0.0682. The van der Waals surface area contributed by atoms with Gasteiger partial charge in [-0.15, -0.1) is 0 Å². The lowest BCUT2D eigenvalue weighted by Crippen LogP contribution is -2.14. The summed E-state index contributed by atoms with van der Waals surface area (Å²) >= 11 is 0. The van der Waals surface area contributed by atoms with Gasteiger partial charge in [-0.25, -0.2) is 15.0 Å². The monoisotopic (exact) mass is 615 g/mol. The zero-order valence-corrected chi connectivity index (χ0v) is 26.5. The van der Waals surface area contributed by atoms with E-state index >= 15 is 0 Å². The van der Waals surface area contributed by atoms with Crippen molar-refractivity contribution in [2.45, 2.75) is 19.3 Å². The van der Waals surface area contributed by atoms with Crippen LogP contribution < -0.4 is 0 Å². The maximum absolute atomic E-state index is 6.51. The first-order chi connectivity index (χ1) is 23.5. The third kappa shape index (κ3) is 3.86. The Labute approximate surface area is 277 Å². The van der Waals surface area contributed by atoms with Crippen LogP contribution in [0.2, 0.25) is 0 Å². The minimum Gasteiger partial charge on any atom is -0.455 e. The highest BCUT2D eigenvalue weighted by molar-refractivity contribution is 6.30. The van der Waals surface area contributed by atoms with Gasteiger partial charge in [0.15, 0.2) is 17.5 Å². The van der Waals surface area contributed by atoms with Crippen molar-refractivity contribution >= 4 is 43.5 Å². The van der Waals surface area contributed by atoms with Crippen molar-refractivity contribution in [3.63, 3.8) is 0 Å². The van der Waals surface area contributed by atoms with Gasteiger partial charge in [0.2, 0.25) is 0 Å². The number of nitrogens with zero attached hydrogens (tertiary/aromatic N) is 3. The highest BCUT2D eigenvalue weighted by atomic mass is 16.3. The summed E-state index contributed by atoms with van der Waals surface area (Å²) in [7, 11) is 0. The molecule has 2 aromatic heterocycles. The van der Waals surface area contributed by atoms with E-state index in [1.165, 1.54) is 27.6 Å². The molecule has 0 aliphatic heterocycles. The third-order valence-electron chi connectivity index (χ3n) is 10.1. The van der Waals surface area contributed by atoms with E-state index in [2.05, 4.69) is 123 Å². The number of fused-ring (bicyclic) bond motifs is 11. The highest BCUT2D eigenvalue weighted by Gasteiger charge is 2.35. The number of benzene rings is 7. The molecule has 226 valence electrons. The van der Waals surface area contributed by atoms with E-state index in [-0.39, 0.29) is 5.41 Å². The predicted octanol–water partition coefficient (Wildman–Crippen LogP) is 11.4. The van der Waals surface area contributed by atoms with Crippen molar-refractivity contribution in [2.24, 2.45) is 0 Å². The molecule has 0 unspecified atom stereocenters. The Morgan fingerprint density at radius 2 is 1.02 bits per heavy atom. The van der Waals surface area contributed by atoms with Crippen LogP contribution >= 0.6 is 0 Å². The molecule has 0 bridgehead atoms. The zero-order chi connectivity index (χ0) is 32.0. The van der Waals surface area contributed by atoms with Crippen LogP contribution in [0.15, 0.2) is 144 Å². The van der Waals surface area contributed by atoms with Gasteiger partial charge in [0.05, 0.1) is 0 Å². The van der Waals surface area contributed by atoms with E-state index in [0.717, 1.165) is 54.8 Å². The van der Waals surface area contributed by atoms with Gasteiger partial charge in [-0.2, -0.15) is 0 Å². The van der Waals surface area contributed by atoms with Gasteiger partial charge in [0, 0.05) is 38.3 Å². The molecule has 48 heavy (non-hydrogen) atoms. The Hall–Kier alpha value is -6.13. The number of para-hydroxylation sites is 1. The lowest BCUT2D eigenvalue weighted by Gasteiger charge is -2.21. The average Bonchev–Trinajstić information content (AvgIpc) is 3.65. The predicted molar refractivity (Wildman–Crippen MR) is 196 cm³/mol. The second-order valence-electron chi connectivity index (χ2n) is 13.2. The standard InChI is InChI=1S/C44H29N3O/c1-44(2)36-18-10-8-15-31(36)34-24-28(21-23-37(34)44)43-46-41(26-12-4-3-5-13-26)45-42(47-43)27-20-22-30-29-14-6-7-16-32(29)40-39(35(30)25-27)33-17-9-11-19-38(33)48-40/h3-25H,1-2H3. The molecule has 1 aliphatic carbocycles. The quantitative estimate of drug-likeness (QED) is 0.186. The van der Waals surface area contributed by atoms with Crippen molar-refractivity contribution in [2.75, 3.05) is 0 Å². The first-order valence-electron chi connectivity index (χ1n) is 16.4. The summed E-state index contributed by atoms with van der Waals surface area (Å²) in [5, 5.41) is 6.77. The van der Waals surface area contributed by atoms with E-state index < -0.39 is 0 Å². The first-order valence-corrected chi connectivity index (χ1v) is 16.4. The number of rotatable bonds is 3. The van der Waals surface area contributed by atoms with Gasteiger partial charge < -0.3 is 4.42 Å². The zero-order valence-electron chi connectivity index (χ0n) is 26.5. The molecule has 0 amide bonds. The van der Waals surface area contributed by atoms with Gasteiger partial charge in [-0.3, -0.25) is 0 Å². The molecule has 0 N–H and O–H groups in total. The molecule has 4 heteroatoms. The van der Waals surface area contributed by atoms with Gasteiger partial charge in [-0.05, 0) is 56.6 Å². The van der Waals surface area contributed by atoms with E-state index in [0.29, 0.717) is 17.5 Å². The highest BCUT2D eigenvalue weighted by Crippen LogP contribution is 2.49. The molecule has 2 heterocycles. The van der Waals surface area contributed by atoms with Crippen molar-refractivity contribution < 1.29 is 4.42 Å². The minimum absolute atomic E-state index is 0.0677. The number of hydrogen-bond acceptors (Lipinski definition) is 4. The van der Waals surface area contributed by atoms with E-state index in [9.17, 15) is 0 Å². The largest absolute Gasteiger partial charge is 0.455 e. The summed E-state index contributed by atoms with van der Waals surface area (Å²) in [5.74, 6) is 1.94. The van der Waals surface area contributed by atoms with Crippen molar-refractivity contribution in [3.05, 3.63) is 151 Å². The Kier molecular flexibility index (Phi) is 5.59. The second-order valence-corrected chi connectivity index (χ2v) is 13.2. The lowest BCUT2D eigenvalue weighted by molar-refractivity contribution is 0.660. The Bertz CT molecular complexity index is 2760. The molecule has 0 atom stereocenters. The summed E-state index contributed by atoms with van der Waals surface area (Å²) < 4.78 is 6.51. The van der Waals surface area contributed by atoms with Crippen LogP contribution in [0.4, 0.5) is 0 Å². The van der Waals surface area contributed by atoms with Crippen molar-refractivity contribution in [1.29, 1.82) is 0 Å². The molecule has 4 nitrogen and oxygen atoms in total. The van der Waals surface area contributed by atoms with Gasteiger partial charge in [0.25, 0.3) is 0 Å². The minimum atomic E-state index is -0.0677. The van der Waals surface area contributed by atoms with Crippen LogP contribution in [0.3, 0.4) is 0 Å². The Balaban J connectivity index is 1.22. The summed E-state index contributed by atoms with van der Waals surface area (Å²) in [6.45, 7) is 4.60. The lowest BCUT2D eigenvalue weighted by atomic mass is 9.82. The van der Waals surface area contributed by atoms with Gasteiger partial charge in [-0.1, -0.05) is 135 Å². The van der Waals surface area contributed by atoms with E-state index in [1.807, 2.05) is 30.3 Å². The smallest absolute Gasteiger partial charge is 0.164 e. The maximum Gasteiger partial charge on any atom is 0.164 e. The fourth-order valence-corrected chi connectivity index (χ4v) is 7.75. The van der Waals surface area contributed by atoms with Crippen LogP contribution in [0, 0.1) is 0 Å². The first kappa shape index (κ1) is 27.0. The third-order valence-corrected chi connectivity index (χ3v) is 10.1. The van der Waals surface area contributed by atoms with Crippen LogP contribution in [-0.4, -0.2) is 15.0 Å². The SMILES string of the molecule is CC1(C)c2ccccc2-c2cc(-c3nc(-c4ccccc4)nc(-c4ccc5c6ccccc6c6oc7ccccc7c6c5c4)n3)ccc21. The molecule has 0 saturated carbocycles. The molecule has 7 aromatic carbocycles. The second kappa shape index (κ2) is 9.93. The topological polar surface area (TPSA) is 51.8 Å². The molecular weight excluding hydrogens is 587 g/mol. The fourth-order valence-electron chi connectivity index (χ4n) is 7.75.